The molecule has 1 saturated heterocycles. The van der Waals surface area contributed by atoms with Gasteiger partial charge in [-0.05, 0) is 19.3 Å². The van der Waals surface area contributed by atoms with E-state index in [4.69, 9.17) is 4.74 Å². The molecule has 2 aliphatic rings. The highest BCUT2D eigenvalue weighted by Gasteiger charge is 2.35. The summed E-state index contributed by atoms with van der Waals surface area (Å²) in [6, 6.07) is -0.577. The number of hydrogen-bond acceptors (Lipinski definition) is 7. The van der Waals surface area contributed by atoms with Crippen LogP contribution in [0.3, 0.4) is 0 Å². The Hall–Kier alpha value is -2.40. The third-order valence-corrected chi connectivity index (χ3v) is 4.44. The minimum absolute atomic E-state index is 0.0414. The van der Waals surface area contributed by atoms with Gasteiger partial charge in [-0.3, -0.25) is 15.0 Å². The van der Waals surface area contributed by atoms with E-state index < -0.39 is 27.9 Å². The lowest BCUT2D eigenvalue weighted by molar-refractivity contribution is -0.151. The van der Waals surface area contributed by atoms with E-state index in [2.05, 4.69) is 5.43 Å². The minimum Gasteiger partial charge on any atom is -0.467 e. The second-order valence-electron chi connectivity index (χ2n) is 6.01. The summed E-state index contributed by atoms with van der Waals surface area (Å²) in [6.45, 7) is 0.436. The summed E-state index contributed by atoms with van der Waals surface area (Å²) in [7, 11) is -2.28. The molecule has 2 heterocycles. The Morgan fingerprint density at radius 3 is 2.73 bits per heavy atom. The highest BCUT2D eigenvalue weighted by atomic mass is 32.2. The first-order chi connectivity index (χ1) is 12.2. The van der Waals surface area contributed by atoms with Crippen LogP contribution in [-0.2, 0) is 29.1 Å². The molecule has 0 unspecified atom stereocenters. The summed E-state index contributed by atoms with van der Waals surface area (Å²) < 4.78 is 26.8. The zero-order valence-corrected chi connectivity index (χ0v) is 15.4. The minimum atomic E-state index is -3.56. The number of esters is 1. The molecule has 0 aromatic rings. The lowest BCUT2D eigenvalue weighted by Gasteiger charge is -2.26. The van der Waals surface area contributed by atoms with E-state index in [0.29, 0.717) is 25.0 Å². The van der Waals surface area contributed by atoms with Crippen LogP contribution >= 0.6 is 0 Å². The fourth-order valence-corrected chi connectivity index (χ4v) is 3.05. The van der Waals surface area contributed by atoms with E-state index in [-0.39, 0.29) is 12.5 Å². The Balaban J connectivity index is 1.98. The van der Waals surface area contributed by atoms with Crippen molar-refractivity contribution in [2.24, 2.45) is 0 Å². The van der Waals surface area contributed by atoms with Crippen LogP contribution in [0.4, 0.5) is 0 Å². The van der Waals surface area contributed by atoms with Crippen LogP contribution in [0.5, 0.6) is 0 Å². The summed E-state index contributed by atoms with van der Waals surface area (Å²) in [5.41, 5.74) is 2.38. The van der Waals surface area contributed by atoms with Crippen LogP contribution in [-0.4, -0.2) is 68.5 Å². The van der Waals surface area contributed by atoms with E-state index in [1.54, 1.807) is 12.3 Å². The third kappa shape index (κ3) is 5.30. The SMILES string of the molecule is COC(=O)[C@@H]1CCCN1C(=O)CN1C=CCC(C(=O)NNS(C)(=O)=O)=C1. The molecule has 26 heavy (non-hydrogen) atoms. The number of nitrogens with one attached hydrogen (secondary N) is 2. The summed E-state index contributed by atoms with van der Waals surface area (Å²) in [5.74, 6) is -1.30. The van der Waals surface area contributed by atoms with Crippen LogP contribution in [0.25, 0.3) is 0 Å². The standard InChI is InChI=1S/C15H22N4O6S/c1-25-15(22)12-6-4-8-19(12)13(20)10-18-7-3-5-11(9-18)14(21)16-17-26(2,23)24/h3,7,9,12,17H,4-6,8,10H2,1-2H3,(H,16,21)/t12-/m0/s1. The molecule has 0 aromatic carbocycles. The maximum Gasteiger partial charge on any atom is 0.328 e. The Kier molecular flexibility index (Phi) is 6.37. The molecular weight excluding hydrogens is 364 g/mol. The van der Waals surface area contributed by atoms with E-state index in [9.17, 15) is 22.8 Å². The lowest BCUT2D eigenvalue weighted by atomic mass is 10.1. The molecule has 1 atom stereocenters. The molecule has 0 radical (unpaired) electrons. The molecule has 11 heteroatoms. The number of nitrogens with zero attached hydrogens (tertiary/aromatic N) is 2. The Labute approximate surface area is 151 Å². The predicted octanol–water partition coefficient (Wildman–Crippen LogP) is -1.17. The van der Waals surface area contributed by atoms with E-state index in [1.165, 1.54) is 23.1 Å². The van der Waals surface area contributed by atoms with E-state index >= 15 is 0 Å². The molecule has 0 saturated carbocycles. The number of ether oxygens (including phenoxy) is 1. The van der Waals surface area contributed by atoms with Crippen molar-refractivity contribution in [2.45, 2.75) is 25.3 Å². The third-order valence-electron chi connectivity index (χ3n) is 3.96. The lowest BCUT2D eigenvalue weighted by Crippen LogP contribution is -2.45. The van der Waals surface area contributed by atoms with Crippen molar-refractivity contribution < 1.29 is 27.5 Å². The number of carbonyl (C=O) groups is 3. The van der Waals surface area contributed by atoms with Gasteiger partial charge in [0.2, 0.25) is 15.9 Å². The van der Waals surface area contributed by atoms with Gasteiger partial charge in [0, 0.05) is 24.5 Å². The number of allylic oxidation sites excluding steroid dienone is 1. The largest absolute Gasteiger partial charge is 0.467 e. The number of amides is 2. The maximum atomic E-state index is 12.5. The number of likely N-dealkylation sites (tertiary alicyclic amines) is 1. The van der Waals surface area contributed by atoms with Crippen LogP contribution in [0.1, 0.15) is 19.3 Å². The number of carbonyl (C=O) groups excluding carboxylic acids is 3. The van der Waals surface area contributed by atoms with Gasteiger partial charge in [0.15, 0.2) is 0 Å². The average Bonchev–Trinajstić information content (AvgIpc) is 3.08. The molecule has 0 aliphatic carbocycles. The smallest absolute Gasteiger partial charge is 0.328 e. The fourth-order valence-electron chi connectivity index (χ4n) is 2.77. The number of sulfonamides is 1. The average molecular weight is 386 g/mol. The van der Waals surface area contributed by atoms with Crippen molar-refractivity contribution in [1.29, 1.82) is 0 Å². The molecule has 0 spiro atoms. The van der Waals surface area contributed by atoms with Crippen LogP contribution in [0.2, 0.25) is 0 Å². The maximum absolute atomic E-state index is 12.5. The van der Waals surface area contributed by atoms with Gasteiger partial charge in [0.1, 0.15) is 12.6 Å². The van der Waals surface area contributed by atoms with Crippen molar-refractivity contribution in [3.05, 3.63) is 24.0 Å². The Morgan fingerprint density at radius 1 is 1.35 bits per heavy atom. The van der Waals surface area contributed by atoms with Crippen molar-refractivity contribution in [3.63, 3.8) is 0 Å². The van der Waals surface area contributed by atoms with Gasteiger partial charge >= 0.3 is 5.97 Å². The molecule has 2 N–H and O–H groups in total. The van der Waals surface area contributed by atoms with Crippen molar-refractivity contribution in [1.82, 2.24) is 20.1 Å². The molecule has 0 aromatic heterocycles. The van der Waals surface area contributed by atoms with Gasteiger partial charge in [0.25, 0.3) is 5.91 Å². The summed E-state index contributed by atoms with van der Waals surface area (Å²) in [5, 5.41) is 0. The monoisotopic (exact) mass is 386 g/mol. The number of methoxy groups -OCH3 is 1. The summed E-state index contributed by atoms with van der Waals surface area (Å²) in [6.07, 6.45) is 7.32. The number of hydrazine groups is 1. The second kappa shape index (κ2) is 8.32. The van der Waals surface area contributed by atoms with Gasteiger partial charge in [-0.2, -0.15) is 0 Å². The molecule has 2 amide bonds. The molecule has 1 fully saturated rings. The highest BCUT2D eigenvalue weighted by Crippen LogP contribution is 2.20. The van der Waals surface area contributed by atoms with Gasteiger partial charge in [-0.15, -0.1) is 4.83 Å². The normalized spacial score (nSPS) is 19.9. The molecule has 2 aliphatic heterocycles. The number of rotatable bonds is 6. The quantitative estimate of drug-likeness (QED) is 0.435. The van der Waals surface area contributed by atoms with Crippen molar-refractivity contribution in [2.75, 3.05) is 26.5 Å². The zero-order valence-electron chi connectivity index (χ0n) is 14.6. The van der Waals surface area contributed by atoms with E-state index in [1.807, 2.05) is 4.83 Å². The number of hydrogen-bond donors (Lipinski definition) is 2. The molecule has 144 valence electrons. The van der Waals surface area contributed by atoms with Gasteiger partial charge < -0.3 is 14.5 Å². The first kappa shape index (κ1) is 19.9. The van der Waals surface area contributed by atoms with Crippen LogP contribution in [0.15, 0.2) is 24.0 Å². The first-order valence-electron chi connectivity index (χ1n) is 7.99. The zero-order chi connectivity index (χ0) is 19.3. The van der Waals surface area contributed by atoms with Crippen LogP contribution < -0.4 is 10.3 Å². The highest BCUT2D eigenvalue weighted by molar-refractivity contribution is 7.88. The van der Waals surface area contributed by atoms with E-state index in [0.717, 1.165) is 12.7 Å². The van der Waals surface area contributed by atoms with Gasteiger partial charge in [0.05, 0.1) is 13.4 Å². The molecule has 2 rings (SSSR count). The van der Waals surface area contributed by atoms with Crippen molar-refractivity contribution >= 4 is 27.8 Å². The summed E-state index contributed by atoms with van der Waals surface area (Å²) in [4.78, 5) is 41.1. The van der Waals surface area contributed by atoms with Crippen LogP contribution in [0, 0.1) is 0 Å². The summed E-state index contributed by atoms with van der Waals surface area (Å²) >= 11 is 0. The van der Waals surface area contributed by atoms with Gasteiger partial charge in [-0.25, -0.2) is 13.2 Å². The Bertz CT molecular complexity index is 745. The Morgan fingerprint density at radius 2 is 2.08 bits per heavy atom. The molecule has 10 nitrogen and oxygen atoms in total. The predicted molar refractivity (Wildman–Crippen MR) is 91.4 cm³/mol. The van der Waals surface area contributed by atoms with Crippen molar-refractivity contribution in [3.8, 4) is 0 Å². The second-order valence-corrected chi connectivity index (χ2v) is 7.76. The topological polar surface area (TPSA) is 125 Å². The molecule has 0 bridgehead atoms. The first-order valence-corrected chi connectivity index (χ1v) is 9.88. The molecular formula is C15H22N4O6S. The fraction of sp³-hybridized carbons (Fsp3) is 0.533. The van der Waals surface area contributed by atoms with Gasteiger partial charge in [-0.1, -0.05) is 6.08 Å².